The fourth-order valence-electron chi connectivity index (χ4n) is 6.32. The fourth-order valence-corrected chi connectivity index (χ4v) is 6.32. The number of methoxy groups -OCH3 is 1. The lowest BCUT2D eigenvalue weighted by Gasteiger charge is -2.41. The van der Waals surface area contributed by atoms with Gasteiger partial charge >= 0.3 is 0 Å². The van der Waals surface area contributed by atoms with Gasteiger partial charge in [-0.25, -0.2) is 0 Å². The van der Waals surface area contributed by atoms with Crippen LogP contribution in [0.4, 0.5) is 0 Å². The molecular formula is C28H36N4O3. The summed E-state index contributed by atoms with van der Waals surface area (Å²) in [5.74, 6) is 2.61. The van der Waals surface area contributed by atoms with Crippen LogP contribution in [0.1, 0.15) is 41.7 Å². The van der Waals surface area contributed by atoms with E-state index in [0.29, 0.717) is 29.4 Å². The monoisotopic (exact) mass is 476 g/mol. The van der Waals surface area contributed by atoms with Gasteiger partial charge in [-0.2, -0.15) is 5.10 Å². The number of rotatable bonds is 7. The van der Waals surface area contributed by atoms with Crippen LogP contribution in [0.2, 0.25) is 0 Å². The van der Waals surface area contributed by atoms with Crippen LogP contribution in [0.5, 0.6) is 5.75 Å². The van der Waals surface area contributed by atoms with Crippen molar-refractivity contribution >= 4 is 11.8 Å². The van der Waals surface area contributed by atoms with Crippen LogP contribution in [0.25, 0.3) is 0 Å². The maximum Gasteiger partial charge on any atom is 0.274 e. The third kappa shape index (κ3) is 4.86. The Kier molecular flexibility index (Phi) is 6.67. The smallest absolute Gasteiger partial charge is 0.274 e. The van der Waals surface area contributed by atoms with Gasteiger partial charge in [0.1, 0.15) is 11.4 Å². The lowest BCUT2D eigenvalue weighted by molar-refractivity contribution is -0.138. The van der Waals surface area contributed by atoms with Crippen molar-refractivity contribution in [2.75, 3.05) is 27.2 Å². The summed E-state index contributed by atoms with van der Waals surface area (Å²) in [7, 11) is 5.39. The molecule has 2 aromatic rings. The van der Waals surface area contributed by atoms with Crippen molar-refractivity contribution < 1.29 is 14.3 Å². The topological polar surface area (TPSA) is 67.7 Å². The van der Waals surface area contributed by atoms with Crippen LogP contribution in [-0.4, -0.2) is 64.7 Å². The number of likely N-dealkylation sites (N-methyl/N-ethyl adjacent to an activating group) is 1. The molecule has 1 saturated carbocycles. The summed E-state index contributed by atoms with van der Waals surface area (Å²) in [6, 6.07) is 9.86. The molecule has 2 fully saturated rings. The lowest BCUT2D eigenvalue weighted by Crippen LogP contribution is -2.49. The molecule has 7 nitrogen and oxygen atoms in total. The molecule has 186 valence electrons. The number of nitrogens with zero attached hydrogens (tertiary/aromatic N) is 4. The highest BCUT2D eigenvalue weighted by atomic mass is 16.5. The highest BCUT2D eigenvalue weighted by Gasteiger charge is 2.42. The van der Waals surface area contributed by atoms with Crippen molar-refractivity contribution in [1.29, 1.82) is 0 Å². The van der Waals surface area contributed by atoms with Gasteiger partial charge in [-0.1, -0.05) is 24.3 Å². The van der Waals surface area contributed by atoms with Crippen LogP contribution in [-0.2, 0) is 18.3 Å². The van der Waals surface area contributed by atoms with E-state index in [1.165, 1.54) is 0 Å². The first-order chi connectivity index (χ1) is 16.9. The number of ether oxygens (including phenoxy) is 1. The zero-order valence-corrected chi connectivity index (χ0v) is 21.0. The van der Waals surface area contributed by atoms with Gasteiger partial charge in [-0.15, -0.1) is 0 Å². The standard InChI is InChI=1S/C28H36N4O3/c1-30-12-11-25(29-30)28(34)31(2)26(18-19-5-4-6-23(16-19)35-3)21-9-13-32(14-10-21)27(33)24-17-20-7-8-22(24)15-20/h4-8,11-12,16,20-22,24,26H,9-10,13-15,17-18H2,1-3H3/t20-,22+,24+,26?/m1/s1. The number of carbonyl (C=O) groups excluding carboxylic acids is 2. The quantitative estimate of drug-likeness (QED) is 0.573. The predicted octanol–water partition coefficient (Wildman–Crippen LogP) is 3.56. The van der Waals surface area contributed by atoms with Gasteiger partial charge in [-0.05, 0) is 73.6 Å². The van der Waals surface area contributed by atoms with Crippen LogP contribution in [0.3, 0.4) is 0 Å². The Hall–Kier alpha value is -3.09. The number of likely N-dealkylation sites (tertiary alicyclic amines) is 1. The van der Waals surface area contributed by atoms with Crippen LogP contribution >= 0.6 is 0 Å². The summed E-state index contributed by atoms with van der Waals surface area (Å²) < 4.78 is 7.09. The first-order valence-corrected chi connectivity index (χ1v) is 12.8. The molecule has 0 N–H and O–H groups in total. The summed E-state index contributed by atoms with van der Waals surface area (Å²) >= 11 is 0. The Balaban J connectivity index is 1.30. The second kappa shape index (κ2) is 9.88. The molecule has 7 heteroatoms. The van der Waals surface area contributed by atoms with E-state index in [9.17, 15) is 9.59 Å². The summed E-state index contributed by atoms with van der Waals surface area (Å²) in [5, 5.41) is 4.34. The van der Waals surface area contributed by atoms with Crippen molar-refractivity contribution in [1.82, 2.24) is 19.6 Å². The van der Waals surface area contributed by atoms with Gasteiger partial charge in [0.05, 0.1) is 7.11 Å². The average molecular weight is 477 g/mol. The zero-order valence-electron chi connectivity index (χ0n) is 21.0. The minimum Gasteiger partial charge on any atom is -0.497 e. The van der Waals surface area contributed by atoms with Crippen LogP contribution < -0.4 is 4.74 Å². The molecule has 3 aliphatic rings. The van der Waals surface area contributed by atoms with Gasteiger partial charge in [0.25, 0.3) is 5.91 Å². The highest BCUT2D eigenvalue weighted by molar-refractivity contribution is 5.92. The number of fused-ring (bicyclic) bond motifs is 2. The number of piperidine rings is 1. The zero-order chi connectivity index (χ0) is 24.5. The Morgan fingerprint density at radius 3 is 2.60 bits per heavy atom. The van der Waals surface area contributed by atoms with E-state index in [1.807, 2.05) is 37.2 Å². The van der Waals surface area contributed by atoms with Gasteiger partial charge < -0.3 is 14.5 Å². The van der Waals surface area contributed by atoms with Gasteiger partial charge in [0.15, 0.2) is 0 Å². The molecule has 0 spiro atoms. The third-order valence-corrected chi connectivity index (χ3v) is 8.32. The molecule has 2 amide bonds. The predicted molar refractivity (Wildman–Crippen MR) is 134 cm³/mol. The van der Waals surface area contributed by atoms with Crippen molar-refractivity contribution in [3.05, 3.63) is 59.9 Å². The van der Waals surface area contributed by atoms with Gasteiger partial charge in [0, 0.05) is 45.3 Å². The largest absolute Gasteiger partial charge is 0.497 e. The van der Waals surface area contributed by atoms with Crippen LogP contribution in [0, 0.1) is 23.7 Å². The lowest BCUT2D eigenvalue weighted by atomic mass is 9.84. The van der Waals surface area contributed by atoms with E-state index < -0.39 is 0 Å². The SMILES string of the molecule is COc1cccc(CC(C2CCN(C(=O)[C@H]3C[C@@H]4C=C[C@H]3C4)CC2)N(C)C(=O)c2ccn(C)n2)c1. The highest BCUT2D eigenvalue weighted by Crippen LogP contribution is 2.44. The minimum absolute atomic E-state index is 0.0132. The van der Waals surface area contributed by atoms with E-state index in [2.05, 4.69) is 28.2 Å². The second-order valence-electron chi connectivity index (χ2n) is 10.5. The summed E-state index contributed by atoms with van der Waals surface area (Å²) in [4.78, 5) is 30.5. The van der Waals surface area contributed by atoms with E-state index >= 15 is 0 Å². The van der Waals surface area contributed by atoms with E-state index in [0.717, 1.165) is 56.5 Å². The van der Waals surface area contributed by atoms with Gasteiger partial charge in [-0.3, -0.25) is 14.3 Å². The van der Waals surface area contributed by atoms with E-state index in [1.54, 1.807) is 24.1 Å². The number of benzene rings is 1. The maximum atomic E-state index is 13.3. The average Bonchev–Trinajstić information content (AvgIpc) is 3.64. The summed E-state index contributed by atoms with van der Waals surface area (Å²) in [6.45, 7) is 1.53. The number of amides is 2. The molecule has 1 aromatic carbocycles. The Morgan fingerprint density at radius 2 is 1.97 bits per heavy atom. The first kappa shape index (κ1) is 23.6. The number of hydrogen-bond donors (Lipinski definition) is 0. The fraction of sp³-hybridized carbons (Fsp3) is 0.536. The molecule has 1 aromatic heterocycles. The molecule has 0 radical (unpaired) electrons. The van der Waals surface area contributed by atoms with Gasteiger partial charge in [0.2, 0.25) is 5.91 Å². The number of hydrogen-bond acceptors (Lipinski definition) is 4. The third-order valence-electron chi connectivity index (χ3n) is 8.32. The van der Waals surface area contributed by atoms with Crippen molar-refractivity contribution in [3.63, 3.8) is 0 Å². The number of allylic oxidation sites excluding steroid dienone is 2. The van der Waals surface area contributed by atoms with Crippen LogP contribution in [0.15, 0.2) is 48.7 Å². The van der Waals surface area contributed by atoms with Crippen molar-refractivity contribution in [2.45, 2.75) is 38.1 Å². The molecule has 5 rings (SSSR count). The van der Waals surface area contributed by atoms with Crippen molar-refractivity contribution in [2.24, 2.45) is 30.7 Å². The molecule has 2 aliphatic carbocycles. The molecule has 2 bridgehead atoms. The summed E-state index contributed by atoms with van der Waals surface area (Å²) in [6.07, 6.45) is 11.0. The number of aromatic nitrogens is 2. The second-order valence-corrected chi connectivity index (χ2v) is 10.5. The maximum absolute atomic E-state index is 13.3. The van der Waals surface area contributed by atoms with Crippen molar-refractivity contribution in [3.8, 4) is 5.75 Å². The summed E-state index contributed by atoms with van der Waals surface area (Å²) in [5.41, 5.74) is 1.60. The first-order valence-electron chi connectivity index (χ1n) is 12.8. The molecule has 4 atom stereocenters. The Labute approximate surface area is 207 Å². The van der Waals surface area contributed by atoms with E-state index in [-0.39, 0.29) is 17.9 Å². The number of carbonyl (C=O) groups is 2. The normalized spacial score (nSPS) is 24.5. The Bertz CT molecular complexity index is 1100. The van der Waals surface area contributed by atoms with E-state index in [4.69, 9.17) is 4.74 Å². The molecule has 2 heterocycles. The molecule has 35 heavy (non-hydrogen) atoms. The Morgan fingerprint density at radius 1 is 1.17 bits per heavy atom. The number of aryl methyl sites for hydroxylation is 1. The molecule has 1 unspecified atom stereocenters. The molecule has 1 saturated heterocycles. The molecular weight excluding hydrogens is 440 g/mol. The molecule has 1 aliphatic heterocycles. The minimum atomic E-state index is -0.0641.